The van der Waals surface area contributed by atoms with Crippen LogP contribution in [0.5, 0.6) is 0 Å². The van der Waals surface area contributed by atoms with Gasteiger partial charge in [0.1, 0.15) is 0 Å². The van der Waals surface area contributed by atoms with Gasteiger partial charge < -0.3 is 5.32 Å². The molecule has 0 aliphatic carbocycles. The van der Waals surface area contributed by atoms with Crippen molar-refractivity contribution in [3.8, 4) is 0 Å². The van der Waals surface area contributed by atoms with Crippen LogP contribution in [0.4, 0.5) is 0 Å². The van der Waals surface area contributed by atoms with Gasteiger partial charge in [0, 0.05) is 9.72 Å². The molecule has 19 heavy (non-hydrogen) atoms. The lowest BCUT2D eigenvalue weighted by Gasteiger charge is -2.16. The fraction of sp³-hybridized carbons (Fsp3) is 0.533. The average Bonchev–Trinajstić information content (AvgIpc) is 2.75. The van der Waals surface area contributed by atoms with Crippen molar-refractivity contribution in [2.75, 3.05) is 6.54 Å². The van der Waals surface area contributed by atoms with Crippen molar-refractivity contribution in [2.45, 2.75) is 38.5 Å². The van der Waals surface area contributed by atoms with Gasteiger partial charge in [-0.15, -0.1) is 0 Å². The minimum absolute atomic E-state index is 0.293. The quantitative estimate of drug-likeness (QED) is 0.864. The summed E-state index contributed by atoms with van der Waals surface area (Å²) in [6.07, 6.45) is 1.24. The summed E-state index contributed by atoms with van der Waals surface area (Å²) in [4.78, 5) is 4.61. The number of halogens is 1. The molecule has 2 rings (SSSR count). The highest BCUT2D eigenvalue weighted by Crippen LogP contribution is 2.27. The molecule has 1 aromatic carbocycles. The van der Waals surface area contributed by atoms with Crippen molar-refractivity contribution in [3.05, 3.63) is 34.3 Å². The van der Waals surface area contributed by atoms with Gasteiger partial charge in [-0.2, -0.15) is 0 Å². The van der Waals surface area contributed by atoms with Crippen LogP contribution in [0.2, 0.25) is 0 Å². The normalized spacial score (nSPS) is 20.5. The van der Waals surface area contributed by atoms with E-state index in [1.165, 1.54) is 12.0 Å². The van der Waals surface area contributed by atoms with Crippen LogP contribution in [0.25, 0.3) is 0 Å². The summed E-state index contributed by atoms with van der Waals surface area (Å²) in [5.41, 5.74) is 1.28. The van der Waals surface area contributed by atoms with Crippen LogP contribution in [0.1, 0.15) is 38.8 Å². The zero-order valence-electron chi connectivity index (χ0n) is 11.7. The first kappa shape index (κ1) is 14.9. The van der Waals surface area contributed by atoms with Crippen molar-refractivity contribution in [1.82, 2.24) is 5.32 Å². The predicted octanol–water partition coefficient (Wildman–Crippen LogP) is 4.62. The Hall–Kier alpha value is -0.480. The van der Waals surface area contributed by atoms with E-state index in [-0.39, 0.29) is 0 Å². The smallest absolute Gasteiger partial charge is 0.157 e. The standard InChI is InChI=1S/C15H21BrN2S/c1-10(2)7-14-9-17-15(19-14)18-11(3)12-5-4-6-13(16)8-12/h4-6,8,10-11,14H,7,9H2,1-3H3,(H,17,18). The Morgan fingerprint density at radius 2 is 2.21 bits per heavy atom. The number of hydrogen-bond acceptors (Lipinski definition) is 3. The molecule has 0 bridgehead atoms. The first-order valence-electron chi connectivity index (χ1n) is 6.77. The molecule has 0 saturated heterocycles. The number of nitrogens with zero attached hydrogens (tertiary/aromatic N) is 1. The van der Waals surface area contributed by atoms with E-state index >= 15 is 0 Å². The maximum absolute atomic E-state index is 4.61. The maximum Gasteiger partial charge on any atom is 0.157 e. The summed E-state index contributed by atoms with van der Waals surface area (Å²) < 4.78 is 1.12. The van der Waals surface area contributed by atoms with Crippen molar-refractivity contribution >= 4 is 32.9 Å². The second-order valence-electron chi connectivity index (χ2n) is 5.44. The van der Waals surface area contributed by atoms with Gasteiger partial charge in [-0.1, -0.05) is 53.7 Å². The third-order valence-corrected chi connectivity index (χ3v) is 4.78. The molecule has 2 nitrogen and oxygen atoms in total. The lowest BCUT2D eigenvalue weighted by atomic mass is 10.1. The summed E-state index contributed by atoms with van der Waals surface area (Å²) >= 11 is 5.41. The predicted molar refractivity (Wildman–Crippen MR) is 88.8 cm³/mol. The number of aliphatic imine (C=N–C) groups is 1. The molecule has 1 aromatic rings. The SMILES string of the molecule is CC(C)CC1CN=C(NC(C)c2cccc(Br)c2)S1. The number of nitrogens with one attached hydrogen (secondary N) is 1. The lowest BCUT2D eigenvalue weighted by molar-refractivity contribution is 0.575. The molecule has 1 aliphatic heterocycles. The van der Waals surface area contributed by atoms with Gasteiger partial charge in [-0.05, 0) is 37.0 Å². The number of thioether (sulfide) groups is 1. The molecule has 1 heterocycles. The molecule has 0 amide bonds. The van der Waals surface area contributed by atoms with Crippen LogP contribution in [0.15, 0.2) is 33.7 Å². The molecule has 104 valence electrons. The zero-order valence-corrected chi connectivity index (χ0v) is 14.1. The third-order valence-electron chi connectivity index (χ3n) is 3.14. The van der Waals surface area contributed by atoms with Gasteiger partial charge in [0.25, 0.3) is 0 Å². The molecule has 0 radical (unpaired) electrons. The molecule has 2 atom stereocenters. The summed E-state index contributed by atoms with van der Waals surface area (Å²) in [6.45, 7) is 7.68. The molecule has 0 aromatic heterocycles. The van der Waals surface area contributed by atoms with E-state index in [9.17, 15) is 0 Å². The Bertz CT molecular complexity index is 459. The topological polar surface area (TPSA) is 24.4 Å². The van der Waals surface area contributed by atoms with Crippen molar-refractivity contribution in [2.24, 2.45) is 10.9 Å². The highest BCUT2D eigenvalue weighted by Gasteiger charge is 2.21. The first-order chi connectivity index (χ1) is 9.04. The van der Waals surface area contributed by atoms with E-state index in [0.717, 1.165) is 22.1 Å². The molecule has 1 N–H and O–H groups in total. The van der Waals surface area contributed by atoms with E-state index < -0.39 is 0 Å². The lowest BCUT2D eigenvalue weighted by Crippen LogP contribution is -2.23. The molecule has 2 unspecified atom stereocenters. The van der Waals surface area contributed by atoms with Crippen LogP contribution in [0, 0.1) is 5.92 Å². The fourth-order valence-electron chi connectivity index (χ4n) is 2.19. The Kier molecular flexibility index (Phi) is 5.34. The molecule has 0 saturated carbocycles. The Balaban J connectivity index is 1.89. The van der Waals surface area contributed by atoms with Crippen LogP contribution < -0.4 is 5.32 Å². The van der Waals surface area contributed by atoms with Crippen molar-refractivity contribution in [1.29, 1.82) is 0 Å². The number of benzene rings is 1. The Morgan fingerprint density at radius 3 is 2.89 bits per heavy atom. The van der Waals surface area contributed by atoms with Gasteiger partial charge >= 0.3 is 0 Å². The monoisotopic (exact) mass is 340 g/mol. The molecular weight excluding hydrogens is 320 g/mol. The molecular formula is C15H21BrN2S. The number of rotatable bonds is 4. The van der Waals surface area contributed by atoms with Crippen molar-refractivity contribution < 1.29 is 0 Å². The van der Waals surface area contributed by atoms with Crippen LogP contribution in [-0.4, -0.2) is 17.0 Å². The second-order valence-corrected chi connectivity index (χ2v) is 7.64. The zero-order chi connectivity index (χ0) is 13.8. The first-order valence-corrected chi connectivity index (χ1v) is 8.45. The van der Waals surface area contributed by atoms with Gasteiger partial charge in [0.05, 0.1) is 12.6 Å². The molecule has 0 spiro atoms. The highest BCUT2D eigenvalue weighted by molar-refractivity contribution is 9.10. The summed E-state index contributed by atoms with van der Waals surface area (Å²) in [5, 5.41) is 5.26. The molecule has 0 fully saturated rings. The molecule has 1 aliphatic rings. The summed E-state index contributed by atoms with van der Waals surface area (Å²) in [5.74, 6) is 0.745. The largest absolute Gasteiger partial charge is 0.358 e. The van der Waals surface area contributed by atoms with E-state index in [1.54, 1.807) is 0 Å². The number of hydrogen-bond donors (Lipinski definition) is 1. The van der Waals surface area contributed by atoms with Crippen LogP contribution in [0.3, 0.4) is 0 Å². The van der Waals surface area contributed by atoms with Gasteiger partial charge in [-0.3, -0.25) is 4.99 Å². The Labute approximate surface area is 128 Å². The number of amidine groups is 1. The minimum Gasteiger partial charge on any atom is -0.358 e. The summed E-state index contributed by atoms with van der Waals surface area (Å²) in [7, 11) is 0. The second kappa shape index (κ2) is 6.80. The fourth-order valence-corrected chi connectivity index (χ4v) is 3.95. The van der Waals surface area contributed by atoms with E-state index in [4.69, 9.17) is 0 Å². The van der Waals surface area contributed by atoms with Crippen molar-refractivity contribution in [3.63, 3.8) is 0 Å². The molecule has 4 heteroatoms. The minimum atomic E-state index is 0.293. The van der Waals surface area contributed by atoms with Gasteiger partial charge in [0.15, 0.2) is 5.17 Å². The van der Waals surface area contributed by atoms with Crippen LogP contribution >= 0.6 is 27.7 Å². The van der Waals surface area contributed by atoms with Crippen LogP contribution in [-0.2, 0) is 0 Å². The average molecular weight is 341 g/mol. The maximum atomic E-state index is 4.61. The third kappa shape index (κ3) is 4.53. The van der Waals surface area contributed by atoms with E-state index in [0.29, 0.717) is 11.3 Å². The Morgan fingerprint density at radius 1 is 1.42 bits per heavy atom. The van der Waals surface area contributed by atoms with Gasteiger partial charge in [0.2, 0.25) is 0 Å². The highest BCUT2D eigenvalue weighted by atomic mass is 79.9. The summed E-state index contributed by atoms with van der Waals surface area (Å²) in [6, 6.07) is 8.72. The van der Waals surface area contributed by atoms with E-state index in [2.05, 4.69) is 71.3 Å². The van der Waals surface area contributed by atoms with Gasteiger partial charge in [-0.25, -0.2) is 0 Å². The van der Waals surface area contributed by atoms with E-state index in [1.807, 2.05) is 11.8 Å².